The maximum absolute atomic E-state index is 8.19. The molecule has 3 N–H and O–H groups in total. The van der Waals surface area contributed by atoms with Gasteiger partial charge >= 0.3 is 0 Å². The highest BCUT2D eigenvalue weighted by Crippen LogP contribution is 2.06. The van der Waals surface area contributed by atoms with Crippen LogP contribution < -0.4 is 0 Å². The first-order valence-electron chi connectivity index (χ1n) is 2.76. The molecule has 0 rings (SSSR count). The van der Waals surface area contributed by atoms with Crippen LogP contribution in [0.1, 0.15) is 13.8 Å². The Labute approximate surface area is 54.5 Å². The predicted molar refractivity (Wildman–Crippen MR) is 35.4 cm³/mol. The van der Waals surface area contributed by atoms with Gasteiger partial charge in [0.15, 0.2) is 12.2 Å². The van der Waals surface area contributed by atoms with Crippen LogP contribution in [-0.2, 0) is 4.89 Å². The topological polar surface area (TPSA) is 52.4 Å². The molecule has 0 aliphatic heterocycles. The van der Waals surface area contributed by atoms with E-state index in [-0.39, 0.29) is 0 Å². The van der Waals surface area contributed by atoms with Crippen molar-refractivity contribution in [2.24, 2.45) is 0 Å². The Balaban J connectivity index is 3.83. The van der Waals surface area contributed by atoms with Crippen LogP contribution in [-0.4, -0.2) is 22.6 Å². The van der Waals surface area contributed by atoms with E-state index in [1.165, 1.54) is 0 Å². The van der Waals surface area contributed by atoms with E-state index in [2.05, 4.69) is 11.5 Å². The third kappa shape index (κ3) is 2.60. The molecule has 0 heterocycles. The molecule has 0 unspecified atom stereocenters. The predicted octanol–water partition coefficient (Wildman–Crippen LogP) is 0.534. The zero-order chi connectivity index (χ0) is 7.44. The first-order valence-corrected chi connectivity index (χ1v) is 2.76. The van der Waals surface area contributed by atoms with Crippen LogP contribution in [0.25, 0.3) is 0 Å². The van der Waals surface area contributed by atoms with Gasteiger partial charge in [-0.05, 0) is 12.5 Å². The Morgan fingerprint density at radius 1 is 1.78 bits per heavy atom. The lowest BCUT2D eigenvalue weighted by atomic mass is 10.1. The number of hydrogen-bond donors (Lipinski definition) is 1. The van der Waals surface area contributed by atoms with E-state index in [1.54, 1.807) is 13.8 Å². The fraction of sp³-hybridized carbons (Fsp3) is 0.667. The summed E-state index contributed by atoms with van der Waals surface area (Å²) in [6, 6.07) is 0. The Morgan fingerprint density at radius 3 is 2.22 bits per heavy atom. The van der Waals surface area contributed by atoms with Gasteiger partial charge in [-0.25, -0.2) is 4.89 Å². The maximum Gasteiger partial charge on any atom is 0.184 e. The molecule has 0 bridgehead atoms. The fourth-order valence-electron chi connectivity index (χ4n) is 0.608. The van der Waals surface area contributed by atoms with Gasteiger partial charge in [0.1, 0.15) is 0 Å². The molecule has 9 heavy (non-hydrogen) atoms. The quantitative estimate of drug-likeness (QED) is 0.264. The summed E-state index contributed by atoms with van der Waals surface area (Å²) < 4.78 is 0. The van der Waals surface area contributed by atoms with Gasteiger partial charge in [0, 0.05) is 6.92 Å². The molecule has 0 saturated carbocycles. The van der Waals surface area contributed by atoms with Crippen LogP contribution >= 0.6 is 0 Å². The summed E-state index contributed by atoms with van der Waals surface area (Å²) in [7, 11) is 0. The van der Waals surface area contributed by atoms with Gasteiger partial charge in [-0.3, -0.25) is 5.26 Å². The first-order chi connectivity index (χ1) is 4.09. The molecule has 0 amide bonds. The Kier molecular flexibility index (Phi) is 3.46. The molecule has 0 fully saturated rings. The van der Waals surface area contributed by atoms with Crippen molar-refractivity contribution in [1.82, 2.24) is 0 Å². The molecule has 2 atom stereocenters. The third-order valence-corrected chi connectivity index (χ3v) is 1.05. The molecule has 0 aliphatic rings. The standard InChI is InChI=1S/C6H12O3/c1-4(2)6(9-8)5(3)7/h5-8H,1H2,2-3H3/p+1/t5-,6-/m0/s1. The summed E-state index contributed by atoms with van der Waals surface area (Å²) in [5.74, 6) is 0. The van der Waals surface area contributed by atoms with Crippen molar-refractivity contribution in [2.75, 3.05) is 0 Å². The van der Waals surface area contributed by atoms with Gasteiger partial charge in [-0.1, -0.05) is 6.58 Å². The summed E-state index contributed by atoms with van der Waals surface area (Å²) in [4.78, 5) is 3.99. The van der Waals surface area contributed by atoms with Gasteiger partial charge in [-0.15, -0.1) is 0 Å². The van der Waals surface area contributed by atoms with Crippen molar-refractivity contribution in [2.45, 2.75) is 26.1 Å². The van der Waals surface area contributed by atoms with Crippen LogP contribution in [0.3, 0.4) is 0 Å². The molecule has 3 heteroatoms. The highest BCUT2D eigenvalue weighted by molar-refractivity contribution is 4.99. The molecule has 0 aromatic heterocycles. The van der Waals surface area contributed by atoms with E-state index in [0.717, 1.165) is 0 Å². The highest BCUT2D eigenvalue weighted by atomic mass is 17.1. The second kappa shape index (κ2) is 3.61. The van der Waals surface area contributed by atoms with Crippen LogP contribution in [0.15, 0.2) is 12.2 Å². The Hall–Kier alpha value is -0.380. The van der Waals surface area contributed by atoms with E-state index in [0.29, 0.717) is 5.57 Å². The van der Waals surface area contributed by atoms with Gasteiger partial charge in [0.05, 0.1) is 0 Å². The van der Waals surface area contributed by atoms with Crippen molar-refractivity contribution >= 4 is 0 Å². The van der Waals surface area contributed by atoms with E-state index in [9.17, 15) is 0 Å². The van der Waals surface area contributed by atoms with E-state index >= 15 is 0 Å². The largest absolute Gasteiger partial charge is 0.441 e. The summed E-state index contributed by atoms with van der Waals surface area (Å²) in [5.41, 5.74) is 0.667. The molecule has 54 valence electrons. The monoisotopic (exact) mass is 133 g/mol. The van der Waals surface area contributed by atoms with Crippen LogP contribution in [0.4, 0.5) is 0 Å². The average Bonchev–Trinajstić information content (AvgIpc) is 1.64. The third-order valence-electron chi connectivity index (χ3n) is 1.05. The van der Waals surface area contributed by atoms with Crippen molar-refractivity contribution in [3.63, 3.8) is 0 Å². The molecule has 3 nitrogen and oxygen atoms in total. The van der Waals surface area contributed by atoms with E-state index in [4.69, 9.17) is 10.4 Å². The van der Waals surface area contributed by atoms with Crippen molar-refractivity contribution < 1.29 is 15.3 Å². The van der Waals surface area contributed by atoms with Crippen LogP contribution in [0, 0.1) is 0 Å². The number of rotatable bonds is 3. The smallest absolute Gasteiger partial charge is 0.184 e. The first kappa shape index (κ1) is 8.62. The summed E-state index contributed by atoms with van der Waals surface area (Å²) >= 11 is 0. The second-order valence-corrected chi connectivity index (χ2v) is 2.16. The van der Waals surface area contributed by atoms with Gasteiger partial charge in [0.25, 0.3) is 0 Å². The van der Waals surface area contributed by atoms with E-state index in [1.807, 2.05) is 0 Å². The zero-order valence-corrected chi connectivity index (χ0v) is 5.72. The van der Waals surface area contributed by atoms with Gasteiger partial charge in [-0.2, -0.15) is 0 Å². The normalized spacial score (nSPS) is 16.9. The minimum absolute atomic E-state index is 0.465. The van der Waals surface area contributed by atoms with Gasteiger partial charge < -0.3 is 5.11 Å². The highest BCUT2D eigenvalue weighted by Gasteiger charge is 2.19. The lowest BCUT2D eigenvalue weighted by Crippen LogP contribution is -2.25. The summed E-state index contributed by atoms with van der Waals surface area (Å²) in [6.07, 6.45) is -1.02. The molecule has 0 aliphatic carbocycles. The fourth-order valence-corrected chi connectivity index (χ4v) is 0.608. The number of hydrogen-bond acceptors (Lipinski definition) is 2. The Bertz CT molecular complexity index is 98.5. The molecule has 0 spiro atoms. The van der Waals surface area contributed by atoms with Crippen molar-refractivity contribution in [3.8, 4) is 0 Å². The Morgan fingerprint density at radius 2 is 2.22 bits per heavy atom. The molecular formula is C6H13O3+. The van der Waals surface area contributed by atoms with Crippen LogP contribution in [0.2, 0.25) is 0 Å². The molecule has 0 aromatic rings. The maximum atomic E-state index is 8.19. The van der Waals surface area contributed by atoms with Crippen molar-refractivity contribution in [1.29, 1.82) is 0 Å². The van der Waals surface area contributed by atoms with Gasteiger partial charge in [0.2, 0.25) is 0 Å². The van der Waals surface area contributed by atoms with Crippen molar-refractivity contribution in [3.05, 3.63) is 12.2 Å². The van der Waals surface area contributed by atoms with Crippen LogP contribution in [0.5, 0.6) is 0 Å². The zero-order valence-electron chi connectivity index (χ0n) is 5.72. The lowest BCUT2D eigenvalue weighted by molar-refractivity contribution is -0.284. The summed E-state index contributed by atoms with van der Waals surface area (Å²) in [6.45, 7) is 6.89. The molecule has 0 aromatic carbocycles. The minimum Gasteiger partial charge on any atom is -0.441 e. The second-order valence-electron chi connectivity index (χ2n) is 2.16. The van der Waals surface area contributed by atoms with E-state index < -0.39 is 12.2 Å². The molecular weight excluding hydrogens is 120 g/mol. The SMILES string of the molecule is C=C(C)[C@H](OO)[C@H](C)[OH2+]. The molecule has 0 saturated heterocycles. The minimum atomic E-state index is -0.551. The summed E-state index contributed by atoms with van der Waals surface area (Å²) in [5, 5.41) is 15.3. The molecule has 0 radical (unpaired) electrons. The average molecular weight is 133 g/mol. The lowest BCUT2D eigenvalue weighted by Gasteiger charge is -2.11.